The molecule has 2 aromatic heterocycles. The monoisotopic (exact) mass is 383 g/mol. The number of nitrogens with zero attached hydrogens (tertiary/aromatic N) is 3. The average molecular weight is 383 g/mol. The summed E-state index contributed by atoms with van der Waals surface area (Å²) in [5, 5.41) is 5.93. The minimum atomic E-state index is -0.126. The molecule has 0 N–H and O–H groups in total. The molecule has 1 aromatic carbocycles. The van der Waals surface area contributed by atoms with Gasteiger partial charge in [-0.05, 0) is 54.3 Å². The van der Waals surface area contributed by atoms with Gasteiger partial charge in [0.1, 0.15) is 5.75 Å². The van der Waals surface area contributed by atoms with Crippen LogP contribution in [0.1, 0.15) is 29.9 Å². The first-order valence-corrected chi connectivity index (χ1v) is 9.92. The van der Waals surface area contributed by atoms with Crippen LogP contribution in [0, 0.1) is 0 Å². The quantitative estimate of drug-likeness (QED) is 0.649. The smallest absolute Gasteiger partial charge is 0.260 e. The van der Waals surface area contributed by atoms with Gasteiger partial charge in [0.2, 0.25) is 11.7 Å². The van der Waals surface area contributed by atoms with Crippen molar-refractivity contribution in [2.75, 3.05) is 13.7 Å². The van der Waals surface area contributed by atoms with E-state index < -0.39 is 0 Å². The van der Waals surface area contributed by atoms with Crippen molar-refractivity contribution in [3.63, 3.8) is 0 Å². The highest BCUT2D eigenvalue weighted by Crippen LogP contribution is 2.29. The molecule has 0 unspecified atom stereocenters. The number of fused-ring (bicyclic) bond motifs is 1. The zero-order valence-electron chi connectivity index (χ0n) is 15.2. The largest absolute Gasteiger partial charge is 0.483 e. The molecule has 0 radical (unpaired) electrons. The van der Waals surface area contributed by atoms with Crippen molar-refractivity contribution in [2.24, 2.45) is 0 Å². The second-order valence-corrected chi connectivity index (χ2v) is 7.58. The second kappa shape index (κ2) is 7.92. The number of carbonyl (C=O) groups is 1. The van der Waals surface area contributed by atoms with Crippen molar-refractivity contribution in [3.05, 3.63) is 52.7 Å². The number of amides is 1. The molecular weight excluding hydrogens is 362 g/mol. The van der Waals surface area contributed by atoms with Gasteiger partial charge in [0.25, 0.3) is 5.91 Å². The lowest BCUT2D eigenvalue weighted by molar-refractivity contribution is -0.132. The lowest BCUT2D eigenvalue weighted by Gasteiger charge is -2.20. The van der Waals surface area contributed by atoms with Crippen LogP contribution in [0.3, 0.4) is 0 Å². The maximum atomic E-state index is 12.4. The number of rotatable bonds is 6. The molecule has 0 aliphatic heterocycles. The van der Waals surface area contributed by atoms with Crippen LogP contribution in [0.4, 0.5) is 0 Å². The first-order valence-electron chi connectivity index (χ1n) is 9.04. The molecule has 0 atom stereocenters. The van der Waals surface area contributed by atoms with Gasteiger partial charge in [-0.25, -0.2) is 0 Å². The summed E-state index contributed by atoms with van der Waals surface area (Å²) in [5.41, 5.74) is 2.59. The standard InChI is InChI=1S/C20H21N3O3S/c1-23(12-18-21-20(22-26-18)17-10-5-11-27-17)19(24)13-25-16-9-4-7-14-6-2-3-8-15(14)16/h4-5,7,9-11H,2-3,6,8,12-13H2,1H3. The second-order valence-electron chi connectivity index (χ2n) is 6.63. The van der Waals surface area contributed by atoms with E-state index in [4.69, 9.17) is 9.26 Å². The Balaban J connectivity index is 1.35. The molecule has 27 heavy (non-hydrogen) atoms. The van der Waals surface area contributed by atoms with E-state index in [0.29, 0.717) is 11.7 Å². The Morgan fingerprint density at radius 3 is 3.00 bits per heavy atom. The number of likely N-dealkylation sites (N-methyl/N-ethyl adjacent to an activating group) is 1. The molecule has 7 heteroatoms. The minimum Gasteiger partial charge on any atom is -0.483 e. The van der Waals surface area contributed by atoms with Gasteiger partial charge in [0, 0.05) is 7.05 Å². The molecule has 4 rings (SSSR count). The van der Waals surface area contributed by atoms with Gasteiger partial charge >= 0.3 is 0 Å². The van der Waals surface area contributed by atoms with Crippen LogP contribution in [0.5, 0.6) is 5.75 Å². The van der Waals surface area contributed by atoms with Crippen LogP contribution in [0.25, 0.3) is 10.7 Å². The lowest BCUT2D eigenvalue weighted by atomic mass is 9.91. The van der Waals surface area contributed by atoms with Crippen LogP contribution < -0.4 is 4.74 Å². The molecule has 6 nitrogen and oxygen atoms in total. The van der Waals surface area contributed by atoms with Gasteiger partial charge in [0.15, 0.2) is 6.61 Å². The summed E-state index contributed by atoms with van der Waals surface area (Å²) in [6.45, 7) is 0.256. The van der Waals surface area contributed by atoms with E-state index in [1.54, 1.807) is 23.3 Å². The topological polar surface area (TPSA) is 68.5 Å². The van der Waals surface area contributed by atoms with Gasteiger partial charge in [-0.15, -0.1) is 11.3 Å². The molecule has 1 aliphatic rings. The Labute approximate surface area is 161 Å². The van der Waals surface area contributed by atoms with Gasteiger partial charge in [-0.3, -0.25) is 4.79 Å². The Bertz CT molecular complexity index is 920. The Morgan fingerprint density at radius 1 is 1.26 bits per heavy atom. The highest BCUT2D eigenvalue weighted by Gasteiger charge is 2.18. The van der Waals surface area contributed by atoms with E-state index in [1.807, 2.05) is 29.6 Å². The number of thiophene rings is 1. The molecule has 0 saturated heterocycles. The summed E-state index contributed by atoms with van der Waals surface area (Å²) < 4.78 is 11.1. The zero-order valence-corrected chi connectivity index (χ0v) is 16.0. The molecule has 1 amide bonds. The van der Waals surface area contributed by atoms with Gasteiger partial charge in [-0.1, -0.05) is 23.4 Å². The van der Waals surface area contributed by atoms with Crippen LogP contribution in [-0.4, -0.2) is 34.6 Å². The fourth-order valence-electron chi connectivity index (χ4n) is 3.25. The van der Waals surface area contributed by atoms with Crippen LogP contribution in [0.2, 0.25) is 0 Å². The molecular formula is C20H21N3O3S. The SMILES string of the molecule is CN(Cc1nc(-c2cccs2)no1)C(=O)COc1cccc2c1CCCC2. The Kier molecular flexibility index (Phi) is 5.20. The van der Waals surface area contributed by atoms with Crippen molar-refractivity contribution in [3.8, 4) is 16.5 Å². The summed E-state index contributed by atoms with van der Waals surface area (Å²) in [5.74, 6) is 1.66. The van der Waals surface area contributed by atoms with Crippen molar-refractivity contribution >= 4 is 17.2 Å². The summed E-state index contributed by atoms with van der Waals surface area (Å²) in [6.07, 6.45) is 4.49. The zero-order chi connectivity index (χ0) is 18.6. The Hall–Kier alpha value is -2.67. The van der Waals surface area contributed by atoms with Crippen LogP contribution >= 0.6 is 11.3 Å². The Morgan fingerprint density at radius 2 is 2.15 bits per heavy atom. The predicted molar refractivity (Wildman–Crippen MR) is 103 cm³/mol. The maximum absolute atomic E-state index is 12.4. The third kappa shape index (κ3) is 4.03. The first-order chi connectivity index (χ1) is 13.2. The third-order valence-corrected chi connectivity index (χ3v) is 5.58. The molecule has 0 fully saturated rings. The van der Waals surface area contributed by atoms with E-state index in [0.717, 1.165) is 23.5 Å². The van der Waals surface area contributed by atoms with Crippen molar-refractivity contribution < 1.29 is 14.1 Å². The first kappa shape index (κ1) is 17.7. The molecule has 1 aliphatic carbocycles. The molecule has 0 saturated carbocycles. The predicted octanol–water partition coefficient (Wildman–Crippen LogP) is 3.71. The van der Waals surface area contributed by atoms with Crippen molar-refractivity contribution in [1.29, 1.82) is 0 Å². The van der Waals surface area contributed by atoms with Crippen molar-refractivity contribution in [2.45, 2.75) is 32.2 Å². The summed E-state index contributed by atoms with van der Waals surface area (Å²) in [4.78, 5) is 19.3. The summed E-state index contributed by atoms with van der Waals surface area (Å²) in [6, 6.07) is 9.96. The van der Waals surface area contributed by atoms with E-state index >= 15 is 0 Å². The van der Waals surface area contributed by atoms with Crippen molar-refractivity contribution in [1.82, 2.24) is 15.0 Å². The summed E-state index contributed by atoms with van der Waals surface area (Å²) in [7, 11) is 1.71. The maximum Gasteiger partial charge on any atom is 0.260 e. The number of benzene rings is 1. The van der Waals surface area contributed by atoms with Crippen LogP contribution in [0.15, 0.2) is 40.2 Å². The average Bonchev–Trinajstić information content (AvgIpc) is 3.37. The molecule has 3 aromatic rings. The van der Waals surface area contributed by atoms with Gasteiger partial charge < -0.3 is 14.2 Å². The highest BCUT2D eigenvalue weighted by molar-refractivity contribution is 7.13. The van der Waals surface area contributed by atoms with Gasteiger partial charge in [-0.2, -0.15) is 4.98 Å². The number of hydrogen-bond acceptors (Lipinski definition) is 6. The molecule has 140 valence electrons. The minimum absolute atomic E-state index is 0.00112. The van der Waals surface area contributed by atoms with E-state index in [1.165, 1.54) is 24.0 Å². The number of carbonyl (C=O) groups excluding carboxylic acids is 1. The molecule has 0 bridgehead atoms. The van der Waals surface area contributed by atoms with E-state index in [9.17, 15) is 4.79 Å². The lowest BCUT2D eigenvalue weighted by Crippen LogP contribution is -2.31. The molecule has 0 spiro atoms. The third-order valence-electron chi connectivity index (χ3n) is 4.71. The number of ether oxygens (including phenoxy) is 1. The molecule has 2 heterocycles. The number of aromatic nitrogens is 2. The van der Waals surface area contributed by atoms with E-state index in [-0.39, 0.29) is 19.1 Å². The highest BCUT2D eigenvalue weighted by atomic mass is 32.1. The van der Waals surface area contributed by atoms with Crippen LogP contribution in [-0.2, 0) is 24.2 Å². The fraction of sp³-hybridized carbons (Fsp3) is 0.350. The normalized spacial score (nSPS) is 13.2. The van der Waals surface area contributed by atoms with E-state index in [2.05, 4.69) is 16.2 Å². The number of aryl methyl sites for hydroxylation is 1. The fourth-order valence-corrected chi connectivity index (χ4v) is 3.90. The van der Waals surface area contributed by atoms with Gasteiger partial charge in [0.05, 0.1) is 11.4 Å². The summed E-state index contributed by atoms with van der Waals surface area (Å²) >= 11 is 1.55. The number of hydrogen-bond donors (Lipinski definition) is 0.